The van der Waals surface area contributed by atoms with Crippen LogP contribution in [0.4, 0.5) is 0 Å². The quantitative estimate of drug-likeness (QED) is 0.344. The van der Waals surface area contributed by atoms with Crippen molar-refractivity contribution in [2.45, 2.75) is 0 Å². The summed E-state index contributed by atoms with van der Waals surface area (Å²) in [5, 5.41) is 0.967. The first kappa shape index (κ1) is 8.90. The minimum Gasteiger partial charge on any atom is -0.334 e. The Bertz CT molecular complexity index is 201. The van der Waals surface area contributed by atoms with E-state index in [-0.39, 0.29) is 11.8 Å². The summed E-state index contributed by atoms with van der Waals surface area (Å²) in [6.45, 7) is 0. The normalized spacial score (nSPS) is 15.5. The molecular formula is C4H5B3INO2. The van der Waals surface area contributed by atoms with Gasteiger partial charge in [0.1, 0.15) is 0 Å². The molecule has 7 heteroatoms. The van der Waals surface area contributed by atoms with Crippen molar-refractivity contribution in [3.05, 3.63) is 12.2 Å². The highest BCUT2D eigenvalue weighted by atomic mass is 127. The lowest BCUT2D eigenvalue weighted by Crippen LogP contribution is -2.38. The first-order chi connectivity index (χ1) is 5.25. The fourth-order valence-corrected chi connectivity index (χ4v) is 1.21. The van der Waals surface area contributed by atoms with Gasteiger partial charge in [-0.05, 0) is 0 Å². The SMILES string of the molecule is O=C1C=CC(=O)N1BBBI. The summed E-state index contributed by atoms with van der Waals surface area (Å²) in [4.78, 5) is 23.1. The largest absolute Gasteiger partial charge is 0.334 e. The van der Waals surface area contributed by atoms with Gasteiger partial charge < -0.3 is 4.81 Å². The molecule has 3 nitrogen and oxygen atoms in total. The Kier molecular flexibility index (Phi) is 3.23. The highest BCUT2D eigenvalue weighted by molar-refractivity contribution is 14.1. The maximum Gasteiger partial charge on any atom is 0.240 e. The third-order valence-corrected chi connectivity index (χ3v) is 2.18. The summed E-state index contributed by atoms with van der Waals surface area (Å²) in [5.41, 5.74) is 0. The maximum atomic E-state index is 10.9. The molecule has 0 aromatic heterocycles. The predicted octanol–water partition coefficient (Wildman–Crippen LogP) is -1.68. The second-order valence-electron chi connectivity index (χ2n) is 2.20. The van der Waals surface area contributed by atoms with Crippen molar-refractivity contribution in [2.24, 2.45) is 0 Å². The standard InChI is InChI=1S/C4H5B3INO2/c8-6-5-7-9-3(10)1-2-4(9)11/h1-2,5-7H. The number of nitrogens with zero attached hydrogens (tertiary/aromatic N) is 1. The summed E-state index contributed by atoms with van der Waals surface area (Å²) < 4.78 is 0. The second kappa shape index (κ2) is 3.99. The third kappa shape index (κ3) is 2.11. The maximum absolute atomic E-state index is 10.9. The molecule has 0 unspecified atom stereocenters. The van der Waals surface area contributed by atoms with Gasteiger partial charge in [-0.3, -0.25) is 9.59 Å². The Morgan fingerprint density at radius 2 is 1.82 bits per heavy atom. The van der Waals surface area contributed by atoms with E-state index in [2.05, 4.69) is 22.4 Å². The minimum atomic E-state index is -0.181. The van der Waals surface area contributed by atoms with Crippen molar-refractivity contribution < 1.29 is 9.59 Å². The molecule has 1 aliphatic rings. The van der Waals surface area contributed by atoms with Crippen LogP contribution < -0.4 is 0 Å². The van der Waals surface area contributed by atoms with E-state index >= 15 is 0 Å². The van der Waals surface area contributed by atoms with Gasteiger partial charge in [0.25, 0.3) is 0 Å². The zero-order valence-electron chi connectivity index (χ0n) is 5.92. The van der Waals surface area contributed by atoms with Crippen molar-refractivity contribution in [3.63, 3.8) is 0 Å². The Morgan fingerprint density at radius 1 is 1.27 bits per heavy atom. The zero-order chi connectivity index (χ0) is 8.27. The molecule has 1 aliphatic heterocycles. The lowest BCUT2D eigenvalue weighted by Gasteiger charge is -2.10. The number of carbonyl (C=O) groups excluding carboxylic acids is 2. The van der Waals surface area contributed by atoms with Crippen molar-refractivity contribution in [3.8, 4) is 0 Å². The van der Waals surface area contributed by atoms with Gasteiger partial charge in [-0.25, -0.2) is 0 Å². The summed E-state index contributed by atoms with van der Waals surface area (Å²) in [5.74, 6) is -0.361. The lowest BCUT2D eigenvalue weighted by atomic mass is 9.32. The average molecular weight is 258 g/mol. The van der Waals surface area contributed by atoms with Crippen molar-refractivity contribution in [1.29, 1.82) is 0 Å². The fraction of sp³-hybridized carbons (Fsp3) is 0. The lowest BCUT2D eigenvalue weighted by molar-refractivity contribution is -0.131. The van der Waals surface area contributed by atoms with E-state index in [9.17, 15) is 9.59 Å². The van der Waals surface area contributed by atoms with E-state index in [1.165, 1.54) is 17.0 Å². The summed E-state index contributed by atoms with van der Waals surface area (Å²) in [6.07, 6.45) is 2.63. The molecule has 0 radical (unpaired) electrons. The van der Waals surface area contributed by atoms with Gasteiger partial charge in [0.2, 0.25) is 19.1 Å². The molecule has 2 amide bonds. The molecule has 0 spiro atoms. The van der Waals surface area contributed by atoms with E-state index in [1.54, 1.807) is 0 Å². The molecular weight excluding hydrogens is 253 g/mol. The number of amides is 2. The number of hydrogen-bond donors (Lipinski definition) is 0. The molecule has 0 saturated carbocycles. The van der Waals surface area contributed by atoms with Crippen LogP contribution in [0.3, 0.4) is 0 Å². The number of halogens is 1. The van der Waals surface area contributed by atoms with Crippen LogP contribution in [0.1, 0.15) is 0 Å². The smallest absolute Gasteiger partial charge is 0.240 e. The van der Waals surface area contributed by atoms with Gasteiger partial charge in [-0.15, -0.1) is 0 Å². The van der Waals surface area contributed by atoms with Crippen LogP contribution in [-0.2, 0) is 9.59 Å². The Hall–Kier alpha value is -0.195. The zero-order valence-corrected chi connectivity index (χ0v) is 8.08. The number of rotatable bonds is 3. The first-order valence-corrected chi connectivity index (χ1v) is 4.88. The summed E-state index contributed by atoms with van der Waals surface area (Å²) >= 11 is 2.22. The Morgan fingerprint density at radius 3 is 2.27 bits per heavy atom. The van der Waals surface area contributed by atoms with Crippen LogP contribution in [0, 0.1) is 0 Å². The topological polar surface area (TPSA) is 37.4 Å². The highest BCUT2D eigenvalue weighted by Crippen LogP contribution is 1.99. The van der Waals surface area contributed by atoms with Crippen molar-refractivity contribution >= 4 is 53.6 Å². The minimum absolute atomic E-state index is 0.181. The van der Waals surface area contributed by atoms with Crippen LogP contribution >= 0.6 is 22.4 Å². The highest BCUT2D eigenvalue weighted by Gasteiger charge is 2.22. The van der Waals surface area contributed by atoms with Gasteiger partial charge in [0, 0.05) is 12.2 Å². The molecule has 0 aromatic carbocycles. The molecule has 54 valence electrons. The van der Waals surface area contributed by atoms with Gasteiger partial charge in [0.05, 0.1) is 7.06 Å². The van der Waals surface area contributed by atoms with Gasteiger partial charge in [0.15, 0.2) is 5.03 Å². The Balaban J connectivity index is 2.46. The molecule has 0 N–H and O–H groups in total. The number of hydrogen-bond acceptors (Lipinski definition) is 2. The van der Waals surface area contributed by atoms with E-state index in [0.717, 1.165) is 12.1 Å². The molecule has 1 rings (SSSR count). The molecule has 11 heavy (non-hydrogen) atoms. The monoisotopic (exact) mass is 259 g/mol. The van der Waals surface area contributed by atoms with E-state index in [1.807, 2.05) is 0 Å². The van der Waals surface area contributed by atoms with E-state index in [4.69, 9.17) is 0 Å². The van der Waals surface area contributed by atoms with Gasteiger partial charge in [-0.1, -0.05) is 0 Å². The van der Waals surface area contributed by atoms with Crippen LogP contribution in [-0.4, -0.2) is 36.0 Å². The van der Waals surface area contributed by atoms with Crippen LogP contribution in [0.25, 0.3) is 0 Å². The predicted molar refractivity (Wildman–Crippen MR) is 56.5 cm³/mol. The van der Waals surface area contributed by atoms with Crippen LogP contribution in [0.15, 0.2) is 12.2 Å². The van der Waals surface area contributed by atoms with Crippen LogP contribution in [0.5, 0.6) is 0 Å². The Labute approximate surface area is 80.2 Å². The first-order valence-electron chi connectivity index (χ1n) is 3.35. The molecule has 0 bridgehead atoms. The van der Waals surface area contributed by atoms with Crippen molar-refractivity contribution in [2.75, 3.05) is 0 Å². The average Bonchev–Trinajstić information content (AvgIpc) is 2.29. The molecule has 0 aromatic rings. The van der Waals surface area contributed by atoms with Crippen LogP contribution in [0.2, 0.25) is 0 Å². The molecule has 1 heterocycles. The molecule has 0 atom stereocenters. The third-order valence-electron chi connectivity index (χ3n) is 1.42. The summed E-state index contributed by atoms with van der Waals surface area (Å²) in [7, 11) is 1.42. The summed E-state index contributed by atoms with van der Waals surface area (Å²) in [6, 6.07) is 0. The van der Waals surface area contributed by atoms with Gasteiger partial charge >= 0.3 is 0 Å². The van der Waals surface area contributed by atoms with Crippen molar-refractivity contribution in [1.82, 2.24) is 4.81 Å². The second-order valence-corrected chi connectivity index (χ2v) is 3.28. The van der Waals surface area contributed by atoms with E-state index < -0.39 is 0 Å². The number of carbonyl (C=O) groups is 2. The number of imide groups is 1. The molecule has 0 aliphatic carbocycles. The molecule has 0 fully saturated rings. The molecule has 0 saturated heterocycles. The van der Waals surface area contributed by atoms with Gasteiger partial charge in [-0.2, -0.15) is 22.4 Å². The fourth-order valence-electron chi connectivity index (χ4n) is 0.869. The van der Waals surface area contributed by atoms with E-state index in [0.29, 0.717) is 7.31 Å².